The van der Waals surface area contributed by atoms with Crippen molar-refractivity contribution in [2.75, 3.05) is 6.54 Å². The number of hydrogen-bond acceptors (Lipinski definition) is 4. The fourth-order valence-corrected chi connectivity index (χ4v) is 2.39. The Kier molecular flexibility index (Phi) is 3.92. The zero-order chi connectivity index (χ0) is 14.0. The van der Waals surface area contributed by atoms with Gasteiger partial charge >= 0.3 is 5.97 Å². The van der Waals surface area contributed by atoms with Crippen LogP contribution in [0, 0.1) is 0 Å². The average molecular weight is 262 g/mol. The molecule has 0 radical (unpaired) electrons. The van der Waals surface area contributed by atoms with E-state index >= 15 is 0 Å². The molecule has 104 valence electrons. The molecule has 1 aromatic rings. The van der Waals surface area contributed by atoms with Gasteiger partial charge in [0.15, 0.2) is 0 Å². The summed E-state index contributed by atoms with van der Waals surface area (Å²) in [7, 11) is 0. The van der Waals surface area contributed by atoms with Crippen molar-refractivity contribution in [3.63, 3.8) is 0 Å². The zero-order valence-electron chi connectivity index (χ0n) is 11.8. The molecule has 4 heteroatoms. The first kappa shape index (κ1) is 14.0. The molecule has 1 heterocycles. The maximum Gasteiger partial charge on any atom is 0.324 e. The highest BCUT2D eigenvalue weighted by atomic mass is 16.6. The van der Waals surface area contributed by atoms with Crippen LogP contribution in [0.4, 0.5) is 0 Å². The molecule has 0 aromatic heterocycles. The number of nitrogens with two attached hydrogens (primary N) is 1. The molecule has 0 aliphatic carbocycles. The van der Waals surface area contributed by atoms with Crippen molar-refractivity contribution in [2.45, 2.75) is 44.9 Å². The Balaban J connectivity index is 2.17. The molecule has 0 fully saturated rings. The van der Waals surface area contributed by atoms with Gasteiger partial charge in [0.2, 0.25) is 0 Å². The minimum absolute atomic E-state index is 0.0162. The van der Waals surface area contributed by atoms with Gasteiger partial charge in [-0.05, 0) is 38.3 Å². The lowest BCUT2D eigenvalue weighted by atomic mass is 9.90. The van der Waals surface area contributed by atoms with E-state index in [1.807, 2.05) is 32.9 Å². The van der Waals surface area contributed by atoms with Gasteiger partial charge in [-0.3, -0.25) is 10.1 Å². The summed E-state index contributed by atoms with van der Waals surface area (Å²) >= 11 is 0. The highest BCUT2D eigenvalue weighted by Crippen LogP contribution is 2.25. The maximum atomic E-state index is 12.2. The minimum Gasteiger partial charge on any atom is -0.459 e. The molecular weight excluding hydrogens is 240 g/mol. The standard InChI is InChI=1S/C15H22N2O2/c1-15(2,3)19-14(18)12-8-10-6-4-5-7-11(10)13(9-16)17-12/h4-7,12-13,17H,8-9,16H2,1-3H3. The van der Waals surface area contributed by atoms with E-state index in [4.69, 9.17) is 10.5 Å². The van der Waals surface area contributed by atoms with Gasteiger partial charge in [-0.25, -0.2) is 0 Å². The van der Waals surface area contributed by atoms with Gasteiger partial charge in [-0.15, -0.1) is 0 Å². The molecule has 0 bridgehead atoms. The van der Waals surface area contributed by atoms with E-state index in [1.165, 1.54) is 11.1 Å². The van der Waals surface area contributed by atoms with Crippen LogP contribution in [0.3, 0.4) is 0 Å². The van der Waals surface area contributed by atoms with E-state index in [2.05, 4.69) is 17.4 Å². The van der Waals surface area contributed by atoms with Crippen LogP contribution in [0.2, 0.25) is 0 Å². The summed E-state index contributed by atoms with van der Waals surface area (Å²) in [5.74, 6) is -0.208. The molecule has 2 atom stereocenters. The highest BCUT2D eigenvalue weighted by molar-refractivity contribution is 5.77. The van der Waals surface area contributed by atoms with Crippen LogP contribution in [-0.4, -0.2) is 24.2 Å². The Morgan fingerprint density at radius 3 is 2.74 bits per heavy atom. The average Bonchev–Trinajstić information content (AvgIpc) is 2.35. The summed E-state index contributed by atoms with van der Waals surface area (Å²) < 4.78 is 5.44. The van der Waals surface area contributed by atoms with Gasteiger partial charge in [0.25, 0.3) is 0 Å². The predicted octanol–water partition coefficient (Wildman–Crippen LogP) is 1.54. The van der Waals surface area contributed by atoms with E-state index in [0.29, 0.717) is 13.0 Å². The lowest BCUT2D eigenvalue weighted by Crippen LogP contribution is -2.49. The quantitative estimate of drug-likeness (QED) is 0.794. The largest absolute Gasteiger partial charge is 0.459 e. The number of ether oxygens (including phenoxy) is 1. The van der Waals surface area contributed by atoms with Crippen molar-refractivity contribution in [2.24, 2.45) is 5.73 Å². The third kappa shape index (κ3) is 3.33. The molecule has 0 saturated heterocycles. The van der Waals surface area contributed by atoms with Crippen LogP contribution >= 0.6 is 0 Å². The Hall–Kier alpha value is -1.39. The van der Waals surface area contributed by atoms with E-state index in [0.717, 1.165) is 0 Å². The number of carbonyl (C=O) groups is 1. The van der Waals surface area contributed by atoms with Gasteiger partial charge in [-0.1, -0.05) is 24.3 Å². The first-order valence-electron chi connectivity index (χ1n) is 6.67. The number of carbonyl (C=O) groups excluding carboxylic acids is 1. The van der Waals surface area contributed by atoms with Crippen LogP contribution in [-0.2, 0) is 16.0 Å². The topological polar surface area (TPSA) is 64.3 Å². The van der Waals surface area contributed by atoms with Crippen molar-refractivity contribution in [3.05, 3.63) is 35.4 Å². The molecule has 1 aliphatic heterocycles. The summed E-state index contributed by atoms with van der Waals surface area (Å²) in [6.07, 6.45) is 0.654. The van der Waals surface area contributed by atoms with Crippen molar-refractivity contribution in [1.29, 1.82) is 0 Å². The third-order valence-corrected chi connectivity index (χ3v) is 3.18. The Morgan fingerprint density at radius 1 is 1.42 bits per heavy atom. The summed E-state index contributed by atoms with van der Waals surface area (Å²) in [4.78, 5) is 12.2. The lowest BCUT2D eigenvalue weighted by Gasteiger charge is -2.33. The van der Waals surface area contributed by atoms with Crippen molar-refractivity contribution in [3.8, 4) is 0 Å². The number of nitrogens with one attached hydrogen (secondary N) is 1. The van der Waals surface area contributed by atoms with Gasteiger partial charge in [0.05, 0.1) is 0 Å². The second kappa shape index (κ2) is 5.31. The third-order valence-electron chi connectivity index (χ3n) is 3.18. The highest BCUT2D eigenvalue weighted by Gasteiger charge is 2.32. The fourth-order valence-electron chi connectivity index (χ4n) is 2.39. The van der Waals surface area contributed by atoms with Gasteiger partial charge in [-0.2, -0.15) is 0 Å². The molecule has 4 nitrogen and oxygen atoms in total. The van der Waals surface area contributed by atoms with Gasteiger partial charge in [0, 0.05) is 12.6 Å². The molecular formula is C15H22N2O2. The summed E-state index contributed by atoms with van der Waals surface area (Å²) in [5, 5.41) is 3.28. The van der Waals surface area contributed by atoms with Gasteiger partial charge < -0.3 is 10.5 Å². The molecule has 0 amide bonds. The van der Waals surface area contributed by atoms with E-state index < -0.39 is 5.60 Å². The molecule has 2 unspecified atom stereocenters. The molecule has 3 N–H and O–H groups in total. The van der Waals surface area contributed by atoms with Crippen LogP contribution < -0.4 is 11.1 Å². The number of benzene rings is 1. The predicted molar refractivity (Wildman–Crippen MR) is 74.7 cm³/mol. The fraction of sp³-hybridized carbons (Fsp3) is 0.533. The zero-order valence-corrected chi connectivity index (χ0v) is 11.8. The van der Waals surface area contributed by atoms with Crippen LogP contribution in [0.25, 0.3) is 0 Å². The molecule has 0 saturated carbocycles. The molecule has 2 rings (SSSR count). The normalized spacial score (nSPS) is 22.7. The van der Waals surface area contributed by atoms with Crippen molar-refractivity contribution < 1.29 is 9.53 Å². The summed E-state index contributed by atoms with van der Waals surface area (Å²) in [5.41, 5.74) is 7.69. The Labute approximate surface area is 114 Å². The van der Waals surface area contributed by atoms with Crippen LogP contribution in [0.5, 0.6) is 0 Å². The SMILES string of the molecule is CC(C)(C)OC(=O)C1Cc2ccccc2C(CN)N1. The first-order chi connectivity index (χ1) is 8.90. The van der Waals surface area contributed by atoms with E-state index in [-0.39, 0.29) is 18.1 Å². The second-order valence-electron chi connectivity index (χ2n) is 5.94. The van der Waals surface area contributed by atoms with E-state index in [9.17, 15) is 4.79 Å². The first-order valence-corrected chi connectivity index (χ1v) is 6.67. The summed E-state index contributed by atoms with van der Waals surface area (Å²) in [6, 6.07) is 7.80. The smallest absolute Gasteiger partial charge is 0.324 e. The van der Waals surface area contributed by atoms with Crippen molar-refractivity contribution in [1.82, 2.24) is 5.32 Å². The second-order valence-corrected chi connectivity index (χ2v) is 5.94. The van der Waals surface area contributed by atoms with Crippen LogP contribution in [0.15, 0.2) is 24.3 Å². The number of fused-ring (bicyclic) bond motifs is 1. The Morgan fingerprint density at radius 2 is 2.11 bits per heavy atom. The number of hydrogen-bond donors (Lipinski definition) is 2. The van der Waals surface area contributed by atoms with Crippen LogP contribution in [0.1, 0.15) is 37.9 Å². The minimum atomic E-state index is -0.464. The number of esters is 1. The Bertz CT molecular complexity index is 465. The monoisotopic (exact) mass is 262 g/mol. The van der Waals surface area contributed by atoms with Gasteiger partial charge in [0.1, 0.15) is 11.6 Å². The maximum absolute atomic E-state index is 12.2. The molecule has 0 spiro atoms. The molecule has 1 aromatic carbocycles. The molecule has 1 aliphatic rings. The van der Waals surface area contributed by atoms with Crippen molar-refractivity contribution >= 4 is 5.97 Å². The lowest BCUT2D eigenvalue weighted by molar-refractivity contribution is -0.157. The molecule has 19 heavy (non-hydrogen) atoms. The number of rotatable bonds is 2. The van der Waals surface area contributed by atoms with E-state index in [1.54, 1.807) is 0 Å². The summed E-state index contributed by atoms with van der Waals surface area (Å²) in [6.45, 7) is 6.10.